The molecule has 4 unspecified atom stereocenters. The Labute approximate surface area is 157 Å². The Morgan fingerprint density at radius 2 is 2.00 bits per heavy atom. The van der Waals surface area contributed by atoms with E-state index >= 15 is 0 Å². The molecule has 1 aromatic rings. The van der Waals surface area contributed by atoms with E-state index in [1.807, 2.05) is 24.3 Å². The first-order valence-electron chi connectivity index (χ1n) is 10.1. The van der Waals surface area contributed by atoms with Crippen LogP contribution in [0.4, 0.5) is 0 Å². The van der Waals surface area contributed by atoms with Crippen molar-refractivity contribution in [2.75, 3.05) is 6.54 Å². The summed E-state index contributed by atoms with van der Waals surface area (Å²) in [6, 6.07) is 7.92. The van der Waals surface area contributed by atoms with Gasteiger partial charge in [-0.2, -0.15) is 0 Å². The molecule has 0 spiro atoms. The van der Waals surface area contributed by atoms with Crippen LogP contribution in [0.25, 0.3) is 0 Å². The lowest BCUT2D eigenvalue weighted by molar-refractivity contribution is -0.157. The topological polar surface area (TPSA) is 69.6 Å². The molecule has 1 aromatic carbocycles. The van der Waals surface area contributed by atoms with Gasteiger partial charge in [-0.1, -0.05) is 51.5 Å². The fourth-order valence-corrected chi connectivity index (χ4v) is 5.09. The second kappa shape index (κ2) is 7.32. The van der Waals surface area contributed by atoms with Gasteiger partial charge in [0, 0.05) is 0 Å². The number of amides is 1. The Kier molecular flexibility index (Phi) is 5.45. The number of carbonyl (C=O) groups excluding carboxylic acids is 1. The molecule has 1 fully saturated rings. The highest BCUT2D eigenvalue weighted by Crippen LogP contribution is 2.41. The molecule has 0 aromatic heterocycles. The summed E-state index contributed by atoms with van der Waals surface area (Å²) in [5, 5.41) is 25.4. The summed E-state index contributed by atoms with van der Waals surface area (Å²) in [4.78, 5) is 13.0. The monoisotopic (exact) mass is 359 g/mol. The highest BCUT2D eigenvalue weighted by molar-refractivity contribution is 5.85. The van der Waals surface area contributed by atoms with E-state index in [-0.39, 0.29) is 24.3 Å². The zero-order valence-electron chi connectivity index (χ0n) is 16.3. The molecule has 0 radical (unpaired) electrons. The van der Waals surface area contributed by atoms with Crippen molar-refractivity contribution in [3.63, 3.8) is 0 Å². The average Bonchev–Trinajstić information content (AvgIpc) is 2.60. The first-order valence-corrected chi connectivity index (χ1v) is 10.1. The van der Waals surface area contributed by atoms with Crippen LogP contribution in [0.2, 0.25) is 0 Å². The third-order valence-electron chi connectivity index (χ3n) is 6.54. The van der Waals surface area contributed by atoms with Crippen LogP contribution in [-0.4, -0.2) is 28.3 Å². The molecule has 0 bridgehead atoms. The van der Waals surface area contributed by atoms with Gasteiger partial charge in [0.15, 0.2) is 0 Å². The Morgan fingerprint density at radius 1 is 1.27 bits per heavy atom. The molecule has 4 atom stereocenters. The van der Waals surface area contributed by atoms with Crippen LogP contribution < -0.4 is 5.32 Å². The molecule has 2 aliphatic rings. The molecule has 26 heavy (non-hydrogen) atoms. The molecule has 3 rings (SSSR count). The first kappa shape index (κ1) is 19.4. The zero-order valence-corrected chi connectivity index (χ0v) is 16.3. The van der Waals surface area contributed by atoms with Crippen molar-refractivity contribution in [3.8, 4) is 0 Å². The van der Waals surface area contributed by atoms with E-state index < -0.39 is 11.2 Å². The van der Waals surface area contributed by atoms with Crippen molar-refractivity contribution in [2.24, 2.45) is 17.8 Å². The lowest BCUT2D eigenvalue weighted by Crippen LogP contribution is -2.58. The summed E-state index contributed by atoms with van der Waals surface area (Å²) >= 11 is 0. The van der Waals surface area contributed by atoms with E-state index in [0.717, 1.165) is 36.8 Å². The van der Waals surface area contributed by atoms with Gasteiger partial charge in [0.1, 0.15) is 11.2 Å². The molecule has 144 valence electrons. The Balaban J connectivity index is 1.76. The summed E-state index contributed by atoms with van der Waals surface area (Å²) in [5.41, 5.74) is -0.318. The highest BCUT2D eigenvalue weighted by atomic mass is 16.3. The maximum absolute atomic E-state index is 13.0. The van der Waals surface area contributed by atoms with Crippen LogP contribution in [0.5, 0.6) is 0 Å². The second-order valence-electron chi connectivity index (χ2n) is 8.89. The molecule has 2 aliphatic carbocycles. The minimum atomic E-state index is -1.34. The number of aliphatic hydroxyl groups is 2. The Hall–Kier alpha value is -1.39. The maximum atomic E-state index is 13.0. The van der Waals surface area contributed by atoms with E-state index in [2.05, 4.69) is 26.1 Å². The van der Waals surface area contributed by atoms with E-state index in [9.17, 15) is 15.0 Å². The van der Waals surface area contributed by atoms with Gasteiger partial charge in [0.05, 0.1) is 6.54 Å². The summed E-state index contributed by atoms with van der Waals surface area (Å²) in [6.45, 7) is 6.40. The van der Waals surface area contributed by atoms with Gasteiger partial charge >= 0.3 is 0 Å². The fraction of sp³-hybridized carbons (Fsp3) is 0.682. The minimum absolute atomic E-state index is 0.0352. The number of aryl methyl sites for hydroxylation is 1. The highest BCUT2D eigenvalue weighted by Gasteiger charge is 2.49. The smallest absolute Gasteiger partial charge is 0.252 e. The molecule has 1 saturated carbocycles. The van der Waals surface area contributed by atoms with Crippen molar-refractivity contribution < 1.29 is 15.0 Å². The Morgan fingerprint density at radius 3 is 2.73 bits per heavy atom. The minimum Gasteiger partial charge on any atom is -0.383 e. The van der Waals surface area contributed by atoms with E-state index in [1.165, 1.54) is 0 Å². The predicted octanol–water partition coefficient (Wildman–Crippen LogP) is 3.15. The standard InChI is InChI=1S/C22H33NO3/c1-15(2)18-11-10-16(3)13-22(18,26)20(24)23-14-21(25)12-6-8-17-7-4-5-9-19(17)21/h4-5,7,9,15-16,18,25-26H,6,8,10-14H2,1-3H3,(H,23,24). The van der Waals surface area contributed by atoms with Gasteiger partial charge in [-0.15, -0.1) is 0 Å². The molecule has 4 heteroatoms. The van der Waals surface area contributed by atoms with Gasteiger partial charge in [0.25, 0.3) is 5.91 Å². The fourth-order valence-electron chi connectivity index (χ4n) is 5.09. The van der Waals surface area contributed by atoms with Crippen molar-refractivity contribution >= 4 is 5.91 Å². The second-order valence-corrected chi connectivity index (χ2v) is 8.89. The SMILES string of the molecule is CC1CCC(C(C)C)C(O)(C(=O)NCC2(O)CCCc3ccccc32)C1. The molecular formula is C22H33NO3. The van der Waals surface area contributed by atoms with Gasteiger partial charge in [-0.25, -0.2) is 0 Å². The number of nitrogens with one attached hydrogen (secondary N) is 1. The van der Waals surface area contributed by atoms with Gasteiger partial charge in [-0.05, 0) is 61.0 Å². The predicted molar refractivity (Wildman–Crippen MR) is 103 cm³/mol. The van der Waals surface area contributed by atoms with Gasteiger partial charge in [-0.3, -0.25) is 4.79 Å². The van der Waals surface area contributed by atoms with Crippen molar-refractivity contribution in [1.29, 1.82) is 0 Å². The lowest BCUT2D eigenvalue weighted by atomic mass is 9.66. The number of hydrogen-bond donors (Lipinski definition) is 3. The number of fused-ring (bicyclic) bond motifs is 1. The van der Waals surface area contributed by atoms with Crippen LogP contribution in [0.1, 0.15) is 64.0 Å². The van der Waals surface area contributed by atoms with E-state index in [4.69, 9.17) is 0 Å². The normalized spacial score (nSPS) is 34.4. The molecular weight excluding hydrogens is 326 g/mol. The van der Waals surface area contributed by atoms with Crippen LogP contribution in [0.3, 0.4) is 0 Å². The summed E-state index contributed by atoms with van der Waals surface area (Å²) < 4.78 is 0. The third-order valence-corrected chi connectivity index (χ3v) is 6.54. The first-order chi connectivity index (χ1) is 12.3. The molecule has 3 N–H and O–H groups in total. The number of benzene rings is 1. The van der Waals surface area contributed by atoms with Crippen molar-refractivity contribution in [1.82, 2.24) is 5.32 Å². The molecule has 0 aliphatic heterocycles. The van der Waals surface area contributed by atoms with Crippen LogP contribution in [0, 0.1) is 17.8 Å². The largest absolute Gasteiger partial charge is 0.383 e. The summed E-state index contributed by atoms with van der Waals surface area (Å²) in [6.07, 6.45) is 4.91. The zero-order chi connectivity index (χ0) is 18.9. The molecule has 4 nitrogen and oxygen atoms in total. The lowest BCUT2D eigenvalue weighted by Gasteiger charge is -2.44. The Bertz CT molecular complexity index is 659. The quantitative estimate of drug-likeness (QED) is 0.773. The van der Waals surface area contributed by atoms with Crippen LogP contribution >= 0.6 is 0 Å². The van der Waals surface area contributed by atoms with Crippen molar-refractivity contribution in [2.45, 2.75) is 70.5 Å². The third kappa shape index (κ3) is 3.54. The number of rotatable bonds is 4. The molecule has 0 heterocycles. The molecule has 1 amide bonds. The van der Waals surface area contributed by atoms with E-state index in [0.29, 0.717) is 18.8 Å². The number of hydrogen-bond acceptors (Lipinski definition) is 3. The maximum Gasteiger partial charge on any atom is 0.252 e. The van der Waals surface area contributed by atoms with Gasteiger partial charge < -0.3 is 15.5 Å². The average molecular weight is 360 g/mol. The van der Waals surface area contributed by atoms with Crippen molar-refractivity contribution in [3.05, 3.63) is 35.4 Å². The van der Waals surface area contributed by atoms with Crippen LogP contribution in [-0.2, 0) is 16.8 Å². The van der Waals surface area contributed by atoms with Gasteiger partial charge in [0.2, 0.25) is 0 Å². The number of carbonyl (C=O) groups is 1. The molecule has 0 saturated heterocycles. The summed E-state index contributed by atoms with van der Waals surface area (Å²) in [7, 11) is 0. The van der Waals surface area contributed by atoms with E-state index in [1.54, 1.807) is 0 Å². The summed E-state index contributed by atoms with van der Waals surface area (Å²) in [5.74, 6) is 0.224. The van der Waals surface area contributed by atoms with Crippen LogP contribution in [0.15, 0.2) is 24.3 Å².